The second kappa shape index (κ2) is 4.35. The van der Waals surface area contributed by atoms with E-state index >= 15 is 0 Å². The molecule has 0 aliphatic carbocycles. The summed E-state index contributed by atoms with van der Waals surface area (Å²) >= 11 is 1.50. The summed E-state index contributed by atoms with van der Waals surface area (Å²) in [6.07, 6.45) is 1.48. The predicted molar refractivity (Wildman–Crippen MR) is 62.6 cm³/mol. The number of nitriles is 1. The van der Waals surface area contributed by atoms with Gasteiger partial charge in [0.25, 0.3) is 11.9 Å². The number of rotatable bonds is 2. The van der Waals surface area contributed by atoms with Crippen LogP contribution in [0.2, 0.25) is 0 Å². The Kier molecular flexibility index (Phi) is 2.89. The second-order valence-electron chi connectivity index (χ2n) is 3.36. The number of nitrogens with zero attached hydrogens (tertiary/aromatic N) is 5. The van der Waals surface area contributed by atoms with Crippen LogP contribution in [0.25, 0.3) is 10.6 Å². The molecule has 0 N–H and O–H groups in total. The van der Waals surface area contributed by atoms with E-state index < -0.39 is 0 Å². The van der Waals surface area contributed by atoms with Crippen molar-refractivity contribution in [1.29, 1.82) is 5.26 Å². The van der Waals surface area contributed by atoms with Gasteiger partial charge in [-0.15, -0.1) is 11.3 Å². The van der Waals surface area contributed by atoms with Crippen LogP contribution in [-0.2, 0) is 7.05 Å². The molecule has 17 heavy (non-hydrogen) atoms. The van der Waals surface area contributed by atoms with Crippen LogP contribution < -0.4 is 0 Å². The van der Waals surface area contributed by atoms with Gasteiger partial charge in [-0.25, -0.2) is 0 Å². The second-order valence-corrected chi connectivity index (χ2v) is 4.30. The maximum absolute atomic E-state index is 11.7. The summed E-state index contributed by atoms with van der Waals surface area (Å²) in [5.74, 6) is 0. The molecule has 0 aliphatic rings. The number of hydrogen-bond acceptors (Lipinski definition) is 5. The molecule has 2 aromatic heterocycles. The lowest BCUT2D eigenvalue weighted by atomic mass is 10.2. The van der Waals surface area contributed by atoms with E-state index in [4.69, 9.17) is 5.26 Å². The fourth-order valence-electron chi connectivity index (χ4n) is 1.66. The molecular weight excluding hydrogens is 238 g/mol. The van der Waals surface area contributed by atoms with E-state index in [0.29, 0.717) is 21.9 Å². The summed E-state index contributed by atoms with van der Waals surface area (Å²) in [5, 5.41) is 29.4. The zero-order chi connectivity index (χ0) is 12.4. The maximum Gasteiger partial charge on any atom is 0.295 e. The summed E-state index contributed by atoms with van der Waals surface area (Å²) in [5.41, 5.74) is 1.54. The van der Waals surface area contributed by atoms with Gasteiger partial charge in [0.2, 0.25) is 0 Å². The first-order valence-corrected chi connectivity index (χ1v) is 5.67. The summed E-state index contributed by atoms with van der Waals surface area (Å²) in [7, 11) is 1.76. The van der Waals surface area contributed by atoms with Crippen molar-refractivity contribution in [2.75, 3.05) is 0 Å². The smallest absolute Gasteiger partial charge is 0.295 e. The van der Waals surface area contributed by atoms with E-state index in [1.807, 2.05) is 17.5 Å². The Labute approximate surface area is 102 Å². The number of thiophene rings is 1. The molecular formula is C10H9N5OS. The minimum atomic E-state index is 0.316. The third-order valence-corrected chi connectivity index (χ3v) is 3.15. The highest BCUT2D eigenvalue weighted by Gasteiger charge is 2.24. The average Bonchev–Trinajstić information content (AvgIpc) is 2.85. The molecule has 2 heterocycles. The molecule has 0 aromatic carbocycles. The molecule has 0 radical (unpaired) electrons. The van der Waals surface area contributed by atoms with Crippen LogP contribution >= 0.6 is 11.3 Å². The Balaban J connectivity index is 2.68. The van der Waals surface area contributed by atoms with Crippen molar-refractivity contribution in [2.24, 2.45) is 12.2 Å². The van der Waals surface area contributed by atoms with E-state index in [9.17, 15) is 5.21 Å². The van der Waals surface area contributed by atoms with Gasteiger partial charge in [-0.1, -0.05) is 6.07 Å². The van der Waals surface area contributed by atoms with Gasteiger partial charge >= 0.3 is 0 Å². The van der Waals surface area contributed by atoms with Crippen LogP contribution in [0.3, 0.4) is 0 Å². The lowest BCUT2D eigenvalue weighted by Gasteiger charge is -2.00. The van der Waals surface area contributed by atoms with Gasteiger partial charge in [-0.3, -0.25) is 4.68 Å². The fourth-order valence-corrected chi connectivity index (χ4v) is 2.46. The average molecular weight is 247 g/mol. The summed E-state index contributed by atoms with van der Waals surface area (Å²) in [6.45, 7) is 1.71. The molecule has 0 atom stereocenters. The van der Waals surface area contributed by atoms with E-state index in [-0.39, 0.29) is 0 Å². The van der Waals surface area contributed by atoms with E-state index in [1.165, 1.54) is 17.5 Å². The fraction of sp³-hybridized carbons (Fsp3) is 0.200. The summed E-state index contributed by atoms with van der Waals surface area (Å²) < 4.78 is 1.62. The molecule has 2 aromatic rings. The normalized spacial score (nSPS) is 11.5. The standard InChI is InChI=1S/C10H9N5OS/c1-7-9(15(16)12-6-11)10(14(2)13-7)8-4-3-5-17-8/h3-5H,1-2H3. The van der Waals surface area contributed by atoms with Gasteiger partial charge in [0.05, 0.1) is 9.99 Å². The molecule has 0 saturated carbocycles. The van der Waals surface area contributed by atoms with Crippen molar-refractivity contribution >= 4 is 17.0 Å². The quantitative estimate of drug-likeness (QED) is 0.354. The van der Waals surface area contributed by atoms with Crippen molar-refractivity contribution in [1.82, 2.24) is 9.78 Å². The number of aromatic nitrogens is 2. The van der Waals surface area contributed by atoms with Crippen LogP contribution in [0.5, 0.6) is 0 Å². The SMILES string of the molecule is Cc1nn(C)c(-c2cccs2)c1[N+]([O-])=NC#N. The van der Waals surface area contributed by atoms with Crippen LogP contribution in [0.1, 0.15) is 5.69 Å². The maximum atomic E-state index is 11.7. The Hall–Kier alpha value is -2.20. The van der Waals surface area contributed by atoms with Crippen LogP contribution in [-0.4, -0.2) is 14.6 Å². The monoisotopic (exact) mass is 247 g/mol. The molecule has 0 amide bonds. The largest absolute Gasteiger partial charge is 0.593 e. The summed E-state index contributed by atoms with van der Waals surface area (Å²) in [6, 6.07) is 3.79. The molecule has 0 bridgehead atoms. The molecule has 86 valence electrons. The minimum absolute atomic E-state index is 0.316. The topological polar surface area (TPSA) is 80.0 Å². The molecule has 0 aliphatic heterocycles. The van der Waals surface area contributed by atoms with Crippen molar-refractivity contribution in [3.63, 3.8) is 0 Å². The third-order valence-electron chi connectivity index (χ3n) is 2.27. The first kappa shape index (κ1) is 11.3. The molecule has 0 fully saturated rings. The van der Waals surface area contributed by atoms with Crippen molar-refractivity contribution in [3.05, 3.63) is 28.4 Å². The number of aryl methyl sites for hydroxylation is 2. The first-order valence-electron chi connectivity index (χ1n) is 4.79. The van der Waals surface area contributed by atoms with Crippen molar-refractivity contribution in [3.8, 4) is 16.8 Å². The number of hydrogen-bond donors (Lipinski definition) is 0. The first-order chi connectivity index (χ1) is 8.15. The molecule has 6 nitrogen and oxygen atoms in total. The highest BCUT2D eigenvalue weighted by Crippen LogP contribution is 2.34. The van der Waals surface area contributed by atoms with E-state index in [1.54, 1.807) is 18.7 Å². The molecule has 0 saturated heterocycles. The predicted octanol–water partition coefficient (Wildman–Crippen LogP) is 2.53. The zero-order valence-corrected chi connectivity index (χ0v) is 10.1. The Morgan fingerprint density at radius 1 is 1.65 bits per heavy atom. The minimum Gasteiger partial charge on any atom is -0.593 e. The molecule has 0 spiro atoms. The van der Waals surface area contributed by atoms with Crippen molar-refractivity contribution in [2.45, 2.75) is 6.92 Å². The highest BCUT2D eigenvalue weighted by atomic mass is 32.1. The van der Waals surface area contributed by atoms with Gasteiger partial charge < -0.3 is 5.21 Å². The van der Waals surface area contributed by atoms with Gasteiger partial charge in [0.15, 0.2) is 5.69 Å². The van der Waals surface area contributed by atoms with Crippen LogP contribution in [0, 0.1) is 23.6 Å². The third kappa shape index (κ3) is 1.90. The summed E-state index contributed by atoms with van der Waals surface area (Å²) in [4.78, 5) is 1.23. The lowest BCUT2D eigenvalue weighted by Crippen LogP contribution is -1.95. The van der Waals surface area contributed by atoms with Gasteiger partial charge in [0.1, 0.15) is 5.69 Å². The molecule has 2 rings (SSSR count). The van der Waals surface area contributed by atoms with Gasteiger partial charge in [-0.05, 0) is 23.2 Å². The lowest BCUT2D eigenvalue weighted by molar-refractivity contribution is -0.435. The van der Waals surface area contributed by atoms with Crippen LogP contribution in [0.4, 0.5) is 5.69 Å². The highest BCUT2D eigenvalue weighted by molar-refractivity contribution is 7.13. The van der Waals surface area contributed by atoms with Crippen molar-refractivity contribution < 1.29 is 4.86 Å². The Morgan fingerprint density at radius 2 is 2.41 bits per heavy atom. The van der Waals surface area contributed by atoms with Crippen LogP contribution in [0.15, 0.2) is 22.6 Å². The Morgan fingerprint density at radius 3 is 3.00 bits per heavy atom. The van der Waals surface area contributed by atoms with E-state index in [2.05, 4.69) is 10.2 Å². The molecule has 7 heteroatoms. The van der Waals surface area contributed by atoms with Gasteiger partial charge in [-0.2, -0.15) is 10.4 Å². The van der Waals surface area contributed by atoms with E-state index in [0.717, 1.165) is 4.88 Å². The Bertz CT molecular complexity index is 605. The van der Waals surface area contributed by atoms with Gasteiger partial charge in [0, 0.05) is 7.05 Å². The number of azo groups is 1. The molecule has 0 unspecified atom stereocenters. The zero-order valence-electron chi connectivity index (χ0n) is 9.28.